The number of benzene rings is 3. The van der Waals surface area contributed by atoms with E-state index in [0.29, 0.717) is 71.8 Å². The van der Waals surface area contributed by atoms with E-state index in [1.54, 1.807) is 26.8 Å². The number of Topliss-reactive ketones (excluding diaryl/α,β-unsaturated/α-hetero) is 3. The molecule has 6 rings (SSSR count). The summed E-state index contributed by atoms with van der Waals surface area (Å²) in [5, 5.41) is 62.2. The number of esters is 1. The highest BCUT2D eigenvalue weighted by molar-refractivity contribution is 6.34. The summed E-state index contributed by atoms with van der Waals surface area (Å²) in [5.74, 6) is -0.467. The fourth-order valence-corrected chi connectivity index (χ4v) is 12.9. The molecule has 88 heavy (non-hydrogen) atoms. The van der Waals surface area contributed by atoms with Crippen molar-refractivity contribution in [1.29, 1.82) is 0 Å². The van der Waals surface area contributed by atoms with Crippen LogP contribution >= 0.6 is 34.8 Å². The van der Waals surface area contributed by atoms with Gasteiger partial charge in [-0.15, -0.1) is 0 Å². The highest BCUT2D eigenvalue weighted by Crippen LogP contribution is 2.50. The first kappa shape index (κ1) is 74.0. The molecule has 0 aliphatic heterocycles. The Bertz CT molecular complexity index is 3350. The van der Waals surface area contributed by atoms with E-state index in [4.69, 9.17) is 39.5 Å². The number of ketones is 3. The Morgan fingerprint density at radius 2 is 0.898 bits per heavy atom. The average molecular weight is 1270 g/mol. The van der Waals surface area contributed by atoms with Gasteiger partial charge >= 0.3 is 5.97 Å². The van der Waals surface area contributed by atoms with Gasteiger partial charge in [0.25, 0.3) is 0 Å². The second-order valence-corrected chi connectivity index (χ2v) is 26.6. The second kappa shape index (κ2) is 30.8. The number of hydrogen-bond donors (Lipinski definition) is 6. The molecule has 3 aromatic carbocycles. The van der Waals surface area contributed by atoms with E-state index in [0.717, 1.165) is 42.4 Å². The Hall–Kier alpha value is -6.48. The number of rotatable bonds is 17. The molecule has 3 saturated carbocycles. The van der Waals surface area contributed by atoms with Gasteiger partial charge in [-0.1, -0.05) is 156 Å². The largest absolute Gasteiger partial charge is 0.507 e. The summed E-state index contributed by atoms with van der Waals surface area (Å²) in [7, 11) is 0. The molecule has 14 nitrogen and oxygen atoms in total. The normalized spacial score (nSPS) is 26.1. The Morgan fingerprint density at radius 3 is 1.30 bits per heavy atom. The number of aldehydes is 3. The van der Waals surface area contributed by atoms with Gasteiger partial charge in [0, 0.05) is 72.0 Å². The van der Waals surface area contributed by atoms with E-state index >= 15 is 0 Å². The van der Waals surface area contributed by atoms with Gasteiger partial charge in [0.05, 0.1) is 31.8 Å². The molecule has 6 N–H and O–H groups in total. The first-order valence-electron chi connectivity index (χ1n) is 30.1. The van der Waals surface area contributed by atoms with Gasteiger partial charge in [0.2, 0.25) is 0 Å². The van der Waals surface area contributed by atoms with Crippen molar-refractivity contribution in [2.75, 3.05) is 0 Å². The second-order valence-electron chi connectivity index (χ2n) is 25.5. The zero-order valence-corrected chi connectivity index (χ0v) is 56.2. The average Bonchev–Trinajstić information content (AvgIpc) is 0.975. The van der Waals surface area contributed by atoms with Crippen molar-refractivity contribution in [3.8, 4) is 34.5 Å². The van der Waals surface area contributed by atoms with Gasteiger partial charge in [-0.2, -0.15) is 0 Å². The molecule has 0 amide bonds. The van der Waals surface area contributed by atoms with Crippen LogP contribution < -0.4 is 0 Å². The number of hydrogen-bond acceptors (Lipinski definition) is 14. The van der Waals surface area contributed by atoms with E-state index in [1.165, 1.54) is 6.92 Å². The molecule has 0 heterocycles. The van der Waals surface area contributed by atoms with Crippen molar-refractivity contribution in [3.05, 3.63) is 124 Å². The number of aromatic hydroxyl groups is 6. The van der Waals surface area contributed by atoms with Crippen LogP contribution in [0, 0.1) is 72.5 Å². The number of ether oxygens (including phenoxy) is 1. The number of halogens is 3. The fraction of sp³-hybridized carbons (Fsp3) is 0.507. The van der Waals surface area contributed by atoms with Crippen LogP contribution in [-0.2, 0) is 43.2 Å². The van der Waals surface area contributed by atoms with Gasteiger partial charge in [-0.25, -0.2) is 0 Å². The lowest BCUT2D eigenvalue weighted by Crippen LogP contribution is -2.48. The molecule has 10 atom stereocenters. The van der Waals surface area contributed by atoms with Gasteiger partial charge in [0.15, 0.2) is 18.9 Å². The molecule has 480 valence electrons. The van der Waals surface area contributed by atoms with Crippen molar-refractivity contribution >= 4 is 77.0 Å². The van der Waals surface area contributed by atoms with Crippen LogP contribution in [0.4, 0.5) is 0 Å². The summed E-state index contributed by atoms with van der Waals surface area (Å²) in [6.07, 6.45) is 20.4. The lowest BCUT2D eigenvalue weighted by molar-refractivity contribution is -0.159. The fourth-order valence-electron chi connectivity index (χ4n) is 12.3. The quantitative estimate of drug-likeness (QED) is 0.0318. The van der Waals surface area contributed by atoms with Gasteiger partial charge in [-0.05, 0) is 126 Å². The van der Waals surface area contributed by atoms with Crippen molar-refractivity contribution in [1.82, 2.24) is 0 Å². The zero-order chi connectivity index (χ0) is 66.8. The number of carbonyl (C=O) groups is 7. The summed E-state index contributed by atoms with van der Waals surface area (Å²) < 4.78 is 5.39. The number of phenols is 6. The Labute approximate surface area is 534 Å². The molecule has 3 aliphatic carbocycles. The molecule has 0 aromatic heterocycles. The maximum atomic E-state index is 12.6. The standard InChI is InChI=1S/C25H31ClO6.C23H31ClO4.C23H29ClO4/c1-13(7-8-18-23(30)19(12-27)14(2)22(26)24(18)31)9-10-25(6)15(3)20(29)11-21(16(25)4)32-17(5)28;2*1-13(10-11-23(5)14(2)7-9-19(26)16(23)4)6-8-17-21(27)18(12-25)15(3)20(24)22(17)28/h7,9-10,12,15-16,21,30-31H,8,11H2,1-6H3;6,12,14,16,27-28H,7-11H2,1-5H3;6,10-12,14,16,27-28H,7-9H2,1-5H3/b10-9+,13-7+;13-6+;11-10+,13-6+/t15-,16+,21-,25+;2*14-,16+,23+/m011/s1. The highest BCUT2D eigenvalue weighted by Gasteiger charge is 2.48. The predicted octanol–water partition coefficient (Wildman–Crippen LogP) is 16.4. The molecule has 3 fully saturated rings. The SMILES string of the molecule is C/C(=C\Cc1c(O)c(Cl)c(C)c(C=O)c1O)CC[C@@]1(C)[C@H](C)CCC(=O)[C@@H]1C.CC(/C=C/[C@@]1(C)[C@H](C)CCC(=O)[C@@H]1C)=C\Cc1c(O)c(Cl)c(C)c(C=O)c1O.CC(=O)O[C@H]1CC(=O)[C@H](C)[C@@](C)(/C=C/C(C)=C/Cc2c(O)c(Cl)c(C)c(C=O)c2O)[C@@H]1C. The summed E-state index contributed by atoms with van der Waals surface area (Å²) in [6, 6.07) is 0. The van der Waals surface area contributed by atoms with Gasteiger partial charge in [-0.3, -0.25) is 33.6 Å². The number of phenolic OH excluding ortho intramolecular Hbond substituents is 6. The van der Waals surface area contributed by atoms with Crippen LogP contribution in [0.2, 0.25) is 15.1 Å². The molecule has 3 aromatic rings. The van der Waals surface area contributed by atoms with Gasteiger partial charge in [0.1, 0.15) is 58.0 Å². The van der Waals surface area contributed by atoms with Crippen molar-refractivity contribution in [3.63, 3.8) is 0 Å². The maximum absolute atomic E-state index is 12.6. The number of allylic oxidation sites excluding steroid dienone is 10. The van der Waals surface area contributed by atoms with Crippen LogP contribution in [0.15, 0.2) is 59.3 Å². The van der Waals surface area contributed by atoms with Gasteiger partial charge < -0.3 is 35.4 Å². The van der Waals surface area contributed by atoms with Crippen molar-refractivity contribution < 1.29 is 68.9 Å². The smallest absolute Gasteiger partial charge is 0.302 e. The molecule has 0 saturated heterocycles. The minimum Gasteiger partial charge on any atom is -0.507 e. The molecular formula is C71H91Cl3O14. The van der Waals surface area contributed by atoms with Crippen LogP contribution in [0.3, 0.4) is 0 Å². The van der Waals surface area contributed by atoms with E-state index in [9.17, 15) is 64.2 Å². The topological polar surface area (TPSA) is 250 Å². The lowest BCUT2D eigenvalue weighted by atomic mass is 9.59. The monoisotopic (exact) mass is 1270 g/mol. The third-order valence-corrected chi connectivity index (χ3v) is 21.8. The first-order valence-corrected chi connectivity index (χ1v) is 31.2. The van der Waals surface area contributed by atoms with Crippen LogP contribution in [0.5, 0.6) is 34.5 Å². The van der Waals surface area contributed by atoms with E-state index in [1.807, 2.05) is 85.8 Å². The maximum Gasteiger partial charge on any atom is 0.302 e. The summed E-state index contributed by atoms with van der Waals surface area (Å²) in [5.41, 5.74) is 4.09. The Kier molecular flexibility index (Phi) is 25.9. The molecular weight excluding hydrogens is 1180 g/mol. The highest BCUT2D eigenvalue weighted by atomic mass is 35.5. The predicted molar refractivity (Wildman–Crippen MR) is 348 cm³/mol. The van der Waals surface area contributed by atoms with Crippen LogP contribution in [0.25, 0.3) is 0 Å². The molecule has 0 radical (unpaired) electrons. The van der Waals surface area contributed by atoms with E-state index in [-0.39, 0.29) is 149 Å². The minimum absolute atomic E-state index is 0.0213. The Morgan fingerprint density at radius 1 is 0.534 bits per heavy atom. The van der Waals surface area contributed by atoms with Crippen molar-refractivity contribution in [2.24, 2.45) is 51.8 Å². The van der Waals surface area contributed by atoms with Crippen LogP contribution in [-0.4, -0.2) is 78.9 Å². The summed E-state index contributed by atoms with van der Waals surface area (Å²) >= 11 is 18.3. The van der Waals surface area contributed by atoms with Crippen molar-refractivity contribution in [2.45, 2.75) is 181 Å². The third-order valence-electron chi connectivity index (χ3n) is 20.4. The van der Waals surface area contributed by atoms with E-state index < -0.39 is 17.5 Å². The molecule has 17 heteroatoms. The van der Waals surface area contributed by atoms with Crippen LogP contribution in [0.1, 0.15) is 199 Å². The summed E-state index contributed by atoms with van der Waals surface area (Å²) in [6.45, 7) is 30.5. The molecule has 0 spiro atoms. The first-order chi connectivity index (χ1) is 40.9. The van der Waals surface area contributed by atoms with E-state index in [2.05, 4.69) is 33.8 Å². The molecule has 0 unspecified atom stereocenters. The summed E-state index contributed by atoms with van der Waals surface area (Å²) in [4.78, 5) is 82.2. The lowest BCUT2D eigenvalue weighted by Gasteiger charge is -2.45. The minimum atomic E-state index is -0.521. The third kappa shape index (κ3) is 16.1. The number of carbonyl (C=O) groups excluding carboxylic acids is 7. The zero-order valence-electron chi connectivity index (χ0n) is 54.0. The Balaban J connectivity index is 0.000000283. The molecule has 3 aliphatic rings. The molecule has 0 bridgehead atoms.